The van der Waals surface area contributed by atoms with Crippen molar-refractivity contribution in [1.29, 1.82) is 0 Å². The molecule has 0 radical (unpaired) electrons. The maximum absolute atomic E-state index is 12.7. The van der Waals surface area contributed by atoms with Crippen molar-refractivity contribution in [2.75, 3.05) is 25.6 Å². The highest BCUT2D eigenvalue weighted by atomic mass is 79.9. The molecule has 2 aliphatic rings. The molecule has 2 aliphatic heterocycles. The van der Waals surface area contributed by atoms with Crippen LogP contribution in [0.2, 0.25) is 0 Å². The SMILES string of the molecule is COCC(=O)NC1CCN2C(=O)c3cc(Br)ccc3NC(=O)C12. The van der Waals surface area contributed by atoms with Gasteiger partial charge in [0, 0.05) is 18.1 Å². The first-order valence-corrected chi connectivity index (χ1v) is 8.00. The summed E-state index contributed by atoms with van der Waals surface area (Å²) in [6, 6.07) is 4.02. The molecule has 1 saturated heterocycles. The smallest absolute Gasteiger partial charge is 0.256 e. The van der Waals surface area contributed by atoms with E-state index in [2.05, 4.69) is 26.6 Å². The van der Waals surface area contributed by atoms with E-state index in [1.54, 1.807) is 18.2 Å². The molecule has 2 heterocycles. The largest absolute Gasteiger partial charge is 0.375 e. The summed E-state index contributed by atoms with van der Waals surface area (Å²) in [4.78, 5) is 38.5. The van der Waals surface area contributed by atoms with Gasteiger partial charge in [0.1, 0.15) is 12.6 Å². The van der Waals surface area contributed by atoms with Crippen molar-refractivity contribution in [3.63, 3.8) is 0 Å². The lowest BCUT2D eigenvalue weighted by Gasteiger charge is -2.24. The molecule has 1 fully saturated rings. The molecule has 2 unspecified atom stereocenters. The number of hydrogen-bond acceptors (Lipinski definition) is 4. The maximum Gasteiger partial charge on any atom is 0.256 e. The lowest BCUT2D eigenvalue weighted by atomic mass is 10.1. The van der Waals surface area contributed by atoms with Gasteiger partial charge in [-0.05, 0) is 24.6 Å². The third kappa shape index (κ3) is 2.96. The van der Waals surface area contributed by atoms with Crippen molar-refractivity contribution >= 4 is 39.3 Å². The Kier molecular flexibility index (Phi) is 4.36. The Morgan fingerprint density at radius 1 is 1.48 bits per heavy atom. The number of methoxy groups -OCH3 is 1. The number of halogens is 1. The number of benzene rings is 1. The summed E-state index contributed by atoms with van der Waals surface area (Å²) in [7, 11) is 1.43. The van der Waals surface area contributed by atoms with Gasteiger partial charge in [0.25, 0.3) is 5.91 Å². The van der Waals surface area contributed by atoms with Crippen LogP contribution in [0.4, 0.5) is 5.69 Å². The summed E-state index contributed by atoms with van der Waals surface area (Å²) >= 11 is 3.34. The van der Waals surface area contributed by atoms with Gasteiger partial charge >= 0.3 is 0 Å². The number of hydrogen-bond donors (Lipinski definition) is 2. The van der Waals surface area contributed by atoms with E-state index in [1.165, 1.54) is 12.0 Å². The molecule has 0 bridgehead atoms. The van der Waals surface area contributed by atoms with Crippen LogP contribution < -0.4 is 10.6 Å². The highest BCUT2D eigenvalue weighted by Gasteiger charge is 2.45. The van der Waals surface area contributed by atoms with Crippen LogP contribution in [-0.4, -0.2) is 55.0 Å². The predicted molar refractivity (Wildman–Crippen MR) is 86.0 cm³/mol. The fraction of sp³-hybridized carbons (Fsp3) is 0.400. The maximum atomic E-state index is 12.7. The van der Waals surface area contributed by atoms with Crippen molar-refractivity contribution in [3.05, 3.63) is 28.2 Å². The second-order valence-electron chi connectivity index (χ2n) is 5.52. The Morgan fingerprint density at radius 2 is 2.26 bits per heavy atom. The molecular formula is C15H16BrN3O4. The summed E-state index contributed by atoms with van der Waals surface area (Å²) in [5, 5.41) is 5.55. The van der Waals surface area contributed by atoms with Crippen LogP contribution in [0.15, 0.2) is 22.7 Å². The first kappa shape index (κ1) is 15.9. The molecule has 8 heteroatoms. The molecule has 2 atom stereocenters. The van der Waals surface area contributed by atoms with Crippen LogP contribution in [0.1, 0.15) is 16.8 Å². The Morgan fingerprint density at radius 3 is 3.00 bits per heavy atom. The number of carbonyl (C=O) groups is 3. The van der Waals surface area contributed by atoms with Crippen molar-refractivity contribution in [2.24, 2.45) is 0 Å². The highest BCUT2D eigenvalue weighted by molar-refractivity contribution is 9.10. The molecule has 7 nitrogen and oxygen atoms in total. The Hall–Kier alpha value is -1.93. The summed E-state index contributed by atoms with van der Waals surface area (Å²) in [5.74, 6) is -0.808. The van der Waals surface area contributed by atoms with Gasteiger partial charge in [-0.3, -0.25) is 14.4 Å². The molecule has 0 aromatic heterocycles. The zero-order valence-corrected chi connectivity index (χ0v) is 14.1. The minimum absolute atomic E-state index is 0.0774. The van der Waals surface area contributed by atoms with Crippen LogP contribution in [0.3, 0.4) is 0 Å². The minimum Gasteiger partial charge on any atom is -0.375 e. The lowest BCUT2D eigenvalue weighted by Crippen LogP contribution is -2.52. The summed E-state index contributed by atoms with van der Waals surface area (Å²) in [6.07, 6.45) is 0.530. The van der Waals surface area contributed by atoms with Crippen LogP contribution in [0.25, 0.3) is 0 Å². The van der Waals surface area contributed by atoms with Crippen molar-refractivity contribution in [1.82, 2.24) is 10.2 Å². The second kappa shape index (κ2) is 6.29. The second-order valence-corrected chi connectivity index (χ2v) is 6.43. The molecule has 23 heavy (non-hydrogen) atoms. The first-order valence-electron chi connectivity index (χ1n) is 7.21. The molecule has 2 N–H and O–H groups in total. The van der Waals surface area contributed by atoms with Crippen molar-refractivity contribution < 1.29 is 19.1 Å². The third-order valence-electron chi connectivity index (χ3n) is 4.02. The van der Waals surface area contributed by atoms with Gasteiger partial charge in [0.05, 0.1) is 17.3 Å². The number of nitrogens with zero attached hydrogens (tertiary/aromatic N) is 1. The van der Waals surface area contributed by atoms with E-state index >= 15 is 0 Å². The molecule has 0 aliphatic carbocycles. The predicted octanol–water partition coefficient (Wildman–Crippen LogP) is 0.747. The normalized spacial score (nSPS) is 23.0. The monoisotopic (exact) mass is 381 g/mol. The molecule has 122 valence electrons. The number of amides is 3. The van der Waals surface area contributed by atoms with Gasteiger partial charge in [0.2, 0.25) is 11.8 Å². The van der Waals surface area contributed by atoms with Crippen molar-refractivity contribution in [2.45, 2.75) is 18.5 Å². The van der Waals surface area contributed by atoms with E-state index in [0.717, 1.165) is 4.47 Å². The van der Waals surface area contributed by atoms with E-state index in [4.69, 9.17) is 4.74 Å². The zero-order valence-electron chi connectivity index (χ0n) is 12.5. The minimum atomic E-state index is -0.713. The van der Waals surface area contributed by atoms with Crippen LogP contribution in [-0.2, 0) is 14.3 Å². The number of nitrogens with one attached hydrogen (secondary N) is 2. The molecule has 0 spiro atoms. The van der Waals surface area contributed by atoms with Gasteiger partial charge in [-0.2, -0.15) is 0 Å². The fourth-order valence-corrected chi connectivity index (χ4v) is 3.40. The number of anilines is 1. The van der Waals surface area contributed by atoms with E-state index < -0.39 is 12.1 Å². The lowest BCUT2D eigenvalue weighted by molar-refractivity contribution is -0.126. The van der Waals surface area contributed by atoms with Gasteiger partial charge in [0.15, 0.2) is 0 Å². The first-order chi connectivity index (χ1) is 11.0. The Labute approximate surface area is 141 Å². The van der Waals surface area contributed by atoms with Gasteiger partial charge in [-0.1, -0.05) is 15.9 Å². The van der Waals surface area contributed by atoms with Crippen molar-refractivity contribution in [3.8, 4) is 0 Å². The molecule has 3 rings (SSSR count). The number of ether oxygens (including phenoxy) is 1. The molecule has 1 aromatic rings. The Balaban J connectivity index is 1.89. The molecule has 3 amide bonds. The fourth-order valence-electron chi connectivity index (χ4n) is 3.04. The molecule has 1 aromatic carbocycles. The number of carbonyl (C=O) groups excluding carboxylic acids is 3. The van der Waals surface area contributed by atoms with E-state index in [9.17, 15) is 14.4 Å². The van der Waals surface area contributed by atoms with E-state index in [-0.39, 0.29) is 24.3 Å². The number of fused-ring (bicyclic) bond motifs is 2. The number of rotatable bonds is 3. The molecular weight excluding hydrogens is 366 g/mol. The topological polar surface area (TPSA) is 87.7 Å². The summed E-state index contributed by atoms with van der Waals surface area (Å²) in [5.41, 5.74) is 0.929. The van der Waals surface area contributed by atoms with E-state index in [1.807, 2.05) is 0 Å². The quantitative estimate of drug-likeness (QED) is 0.808. The average Bonchev–Trinajstić information content (AvgIpc) is 2.87. The highest BCUT2D eigenvalue weighted by Crippen LogP contribution is 2.30. The van der Waals surface area contributed by atoms with Crippen LogP contribution in [0, 0.1) is 0 Å². The van der Waals surface area contributed by atoms with Gasteiger partial charge in [-0.15, -0.1) is 0 Å². The third-order valence-corrected chi connectivity index (χ3v) is 4.51. The summed E-state index contributed by atoms with van der Waals surface area (Å²) in [6.45, 7) is 0.340. The molecule has 0 saturated carbocycles. The Bertz CT molecular complexity index is 679. The standard InChI is InChI=1S/C15H16BrN3O4/c1-23-7-12(20)17-11-4-5-19-13(11)14(21)18-10-3-2-8(16)6-9(10)15(19)22/h2-3,6,11,13H,4-5,7H2,1H3,(H,17,20)(H,18,21). The summed E-state index contributed by atoms with van der Waals surface area (Å²) < 4.78 is 5.55. The van der Waals surface area contributed by atoms with Crippen LogP contribution >= 0.6 is 15.9 Å². The average molecular weight is 382 g/mol. The van der Waals surface area contributed by atoms with Gasteiger partial charge in [-0.25, -0.2) is 0 Å². The zero-order chi connectivity index (χ0) is 16.6. The van der Waals surface area contributed by atoms with Crippen LogP contribution in [0.5, 0.6) is 0 Å². The van der Waals surface area contributed by atoms with E-state index in [0.29, 0.717) is 24.2 Å². The van der Waals surface area contributed by atoms with Gasteiger partial charge < -0.3 is 20.3 Å².